The fourth-order valence-corrected chi connectivity index (χ4v) is 1.72. The van der Waals surface area contributed by atoms with Crippen LogP contribution in [-0.2, 0) is 4.79 Å². The molecule has 0 bridgehead atoms. The van der Waals surface area contributed by atoms with Gasteiger partial charge in [-0.3, -0.25) is 4.79 Å². The van der Waals surface area contributed by atoms with Gasteiger partial charge in [0.1, 0.15) is 0 Å². The second kappa shape index (κ2) is 5.47. The zero-order valence-electron chi connectivity index (χ0n) is 9.68. The van der Waals surface area contributed by atoms with E-state index in [1.165, 1.54) is 0 Å². The van der Waals surface area contributed by atoms with Crippen LogP contribution < -0.4 is 10.6 Å². The van der Waals surface area contributed by atoms with Crippen LogP contribution in [0.25, 0.3) is 0 Å². The number of carbonyl (C=O) groups excluding carboxylic acids is 1. The van der Waals surface area contributed by atoms with E-state index in [1.807, 2.05) is 13.8 Å². The molecule has 1 unspecified atom stereocenters. The average Bonchev–Trinajstić information content (AvgIpc) is 2.30. The van der Waals surface area contributed by atoms with Gasteiger partial charge in [-0.05, 0) is 39.3 Å². The maximum absolute atomic E-state index is 11.9. The zero-order valence-corrected chi connectivity index (χ0v) is 9.68. The van der Waals surface area contributed by atoms with Gasteiger partial charge in [-0.25, -0.2) is 0 Å². The fraction of sp³-hybridized carbons (Fsp3) is 0.909. The van der Waals surface area contributed by atoms with Crippen molar-refractivity contribution in [1.29, 1.82) is 0 Å². The van der Waals surface area contributed by atoms with Crippen LogP contribution in [0.2, 0.25) is 0 Å². The van der Waals surface area contributed by atoms with Crippen LogP contribution in [0.5, 0.6) is 0 Å². The summed E-state index contributed by atoms with van der Waals surface area (Å²) < 4.78 is 0. The van der Waals surface area contributed by atoms with Crippen LogP contribution in [0.3, 0.4) is 0 Å². The second-order valence-electron chi connectivity index (χ2n) is 4.59. The first-order chi connectivity index (χ1) is 7.11. The highest BCUT2D eigenvalue weighted by Gasteiger charge is 2.28. The van der Waals surface area contributed by atoms with Gasteiger partial charge >= 0.3 is 0 Å². The van der Waals surface area contributed by atoms with E-state index in [-0.39, 0.29) is 18.4 Å². The monoisotopic (exact) mass is 214 g/mol. The lowest BCUT2D eigenvalue weighted by Gasteiger charge is -2.31. The minimum Gasteiger partial charge on any atom is -0.394 e. The molecule has 88 valence electrons. The van der Waals surface area contributed by atoms with Gasteiger partial charge in [0.05, 0.1) is 12.1 Å². The van der Waals surface area contributed by atoms with Crippen LogP contribution >= 0.6 is 0 Å². The van der Waals surface area contributed by atoms with Crippen molar-refractivity contribution in [1.82, 2.24) is 10.6 Å². The number of hydrogen-bond acceptors (Lipinski definition) is 3. The molecule has 1 aliphatic rings. The van der Waals surface area contributed by atoms with Crippen molar-refractivity contribution in [3.8, 4) is 0 Å². The molecule has 1 aliphatic heterocycles. The molecule has 0 aromatic carbocycles. The standard InChI is InChI=1S/C11H22N2O2/c1-3-11(2,8-14)13-10(15)9-4-6-12-7-5-9/h9,12,14H,3-8H2,1-2H3,(H,13,15). The molecule has 4 nitrogen and oxygen atoms in total. The minimum atomic E-state index is -0.456. The van der Waals surface area contributed by atoms with E-state index in [4.69, 9.17) is 0 Å². The molecule has 1 saturated heterocycles. The third-order valence-electron chi connectivity index (χ3n) is 3.26. The summed E-state index contributed by atoms with van der Waals surface area (Å²) in [6, 6.07) is 0. The number of rotatable bonds is 4. The first kappa shape index (κ1) is 12.5. The predicted octanol–water partition coefficient (Wildman–Crippen LogP) is 0.263. The Labute approximate surface area is 91.4 Å². The SMILES string of the molecule is CCC(C)(CO)NC(=O)C1CCNCC1. The third-order valence-corrected chi connectivity index (χ3v) is 3.26. The van der Waals surface area contributed by atoms with Crippen molar-refractivity contribution in [3.63, 3.8) is 0 Å². The lowest BCUT2D eigenvalue weighted by atomic mass is 9.94. The molecule has 15 heavy (non-hydrogen) atoms. The van der Waals surface area contributed by atoms with Crippen molar-refractivity contribution in [2.75, 3.05) is 19.7 Å². The molecule has 1 amide bonds. The zero-order chi connectivity index (χ0) is 11.3. The number of aliphatic hydroxyl groups excluding tert-OH is 1. The summed E-state index contributed by atoms with van der Waals surface area (Å²) in [6.45, 7) is 5.69. The molecule has 1 rings (SSSR count). The Hall–Kier alpha value is -0.610. The van der Waals surface area contributed by atoms with E-state index in [9.17, 15) is 9.90 Å². The topological polar surface area (TPSA) is 61.4 Å². The number of aliphatic hydroxyl groups is 1. The Morgan fingerprint density at radius 1 is 1.53 bits per heavy atom. The molecular weight excluding hydrogens is 192 g/mol. The van der Waals surface area contributed by atoms with E-state index in [2.05, 4.69) is 10.6 Å². The minimum absolute atomic E-state index is 0.000208. The first-order valence-corrected chi connectivity index (χ1v) is 5.75. The summed E-state index contributed by atoms with van der Waals surface area (Å²) in [7, 11) is 0. The van der Waals surface area contributed by atoms with E-state index < -0.39 is 5.54 Å². The molecule has 1 atom stereocenters. The van der Waals surface area contributed by atoms with Gasteiger partial charge in [-0.2, -0.15) is 0 Å². The Balaban J connectivity index is 2.46. The van der Waals surface area contributed by atoms with Crippen molar-refractivity contribution in [3.05, 3.63) is 0 Å². The molecule has 0 aromatic rings. The van der Waals surface area contributed by atoms with Crippen LogP contribution in [-0.4, -0.2) is 36.2 Å². The Bertz CT molecular complexity index is 209. The predicted molar refractivity (Wildman–Crippen MR) is 59.5 cm³/mol. The number of piperidine rings is 1. The van der Waals surface area contributed by atoms with Crippen molar-refractivity contribution in [2.45, 2.75) is 38.6 Å². The highest BCUT2D eigenvalue weighted by molar-refractivity contribution is 5.79. The van der Waals surface area contributed by atoms with E-state index in [0.29, 0.717) is 0 Å². The first-order valence-electron chi connectivity index (χ1n) is 5.75. The molecule has 0 radical (unpaired) electrons. The highest BCUT2D eigenvalue weighted by Crippen LogP contribution is 2.15. The Kier molecular flexibility index (Phi) is 4.54. The van der Waals surface area contributed by atoms with Crippen LogP contribution in [0.1, 0.15) is 33.1 Å². The maximum Gasteiger partial charge on any atom is 0.223 e. The van der Waals surface area contributed by atoms with E-state index in [1.54, 1.807) is 0 Å². The Morgan fingerprint density at radius 3 is 2.60 bits per heavy atom. The van der Waals surface area contributed by atoms with Crippen LogP contribution in [0.15, 0.2) is 0 Å². The van der Waals surface area contributed by atoms with Gasteiger partial charge in [0, 0.05) is 5.92 Å². The quantitative estimate of drug-likeness (QED) is 0.629. The van der Waals surface area contributed by atoms with Gasteiger partial charge in [-0.1, -0.05) is 6.92 Å². The molecular formula is C11H22N2O2. The number of carbonyl (C=O) groups is 1. The molecule has 0 aromatic heterocycles. The smallest absolute Gasteiger partial charge is 0.223 e. The summed E-state index contributed by atoms with van der Waals surface area (Å²) in [6.07, 6.45) is 2.55. The fourth-order valence-electron chi connectivity index (χ4n) is 1.72. The van der Waals surface area contributed by atoms with Gasteiger partial charge in [-0.15, -0.1) is 0 Å². The van der Waals surface area contributed by atoms with Gasteiger partial charge in [0.15, 0.2) is 0 Å². The number of hydrogen-bond donors (Lipinski definition) is 3. The van der Waals surface area contributed by atoms with Crippen molar-refractivity contribution < 1.29 is 9.90 Å². The summed E-state index contributed by atoms with van der Waals surface area (Å²) in [5.74, 6) is 0.207. The molecule has 1 heterocycles. The molecule has 0 aliphatic carbocycles. The van der Waals surface area contributed by atoms with E-state index in [0.717, 1.165) is 32.4 Å². The van der Waals surface area contributed by atoms with Gasteiger partial charge in [0.25, 0.3) is 0 Å². The lowest BCUT2D eigenvalue weighted by Crippen LogP contribution is -2.51. The Morgan fingerprint density at radius 2 is 2.13 bits per heavy atom. The summed E-state index contributed by atoms with van der Waals surface area (Å²) in [5.41, 5.74) is -0.456. The molecule has 0 saturated carbocycles. The van der Waals surface area contributed by atoms with E-state index >= 15 is 0 Å². The summed E-state index contributed by atoms with van der Waals surface area (Å²) in [4.78, 5) is 11.9. The van der Waals surface area contributed by atoms with Crippen LogP contribution in [0, 0.1) is 5.92 Å². The lowest BCUT2D eigenvalue weighted by molar-refractivity contribution is -0.128. The van der Waals surface area contributed by atoms with Crippen LogP contribution in [0.4, 0.5) is 0 Å². The number of amides is 1. The van der Waals surface area contributed by atoms with Crippen molar-refractivity contribution in [2.24, 2.45) is 5.92 Å². The summed E-state index contributed by atoms with van der Waals surface area (Å²) >= 11 is 0. The largest absolute Gasteiger partial charge is 0.394 e. The van der Waals surface area contributed by atoms with Crippen molar-refractivity contribution >= 4 is 5.91 Å². The maximum atomic E-state index is 11.9. The molecule has 3 N–H and O–H groups in total. The molecule has 1 fully saturated rings. The second-order valence-corrected chi connectivity index (χ2v) is 4.59. The normalized spacial score (nSPS) is 22.1. The molecule has 4 heteroatoms. The third kappa shape index (κ3) is 3.47. The highest BCUT2D eigenvalue weighted by atomic mass is 16.3. The van der Waals surface area contributed by atoms with Gasteiger partial charge in [0.2, 0.25) is 5.91 Å². The summed E-state index contributed by atoms with van der Waals surface area (Å²) in [5, 5.41) is 15.4. The van der Waals surface area contributed by atoms with Gasteiger partial charge < -0.3 is 15.7 Å². The average molecular weight is 214 g/mol. The molecule has 0 spiro atoms. The number of nitrogens with one attached hydrogen (secondary N) is 2.